The summed E-state index contributed by atoms with van der Waals surface area (Å²) in [5, 5.41) is 6.01. The predicted molar refractivity (Wildman–Crippen MR) is 226 cm³/mol. The second kappa shape index (κ2) is 17.7. The summed E-state index contributed by atoms with van der Waals surface area (Å²) in [7, 11) is 1.73. The normalized spacial score (nSPS) is 17.9. The number of rotatable bonds is 6. The fourth-order valence-electron chi connectivity index (χ4n) is 7.26. The van der Waals surface area contributed by atoms with Gasteiger partial charge in [-0.05, 0) is 95.1 Å². The number of ether oxygens (including phenoxy) is 3. The quantitative estimate of drug-likeness (QED) is 0.276. The molecule has 1 aliphatic carbocycles. The van der Waals surface area contributed by atoms with Gasteiger partial charge in [0.05, 0.1) is 17.5 Å². The Morgan fingerprint density at radius 1 is 0.729 bits per heavy atom. The Kier molecular flexibility index (Phi) is 13.1. The average Bonchev–Trinajstić information content (AvgIpc) is 3.80. The minimum Gasteiger partial charge on any atom is -0.444 e. The number of nitrogens with one attached hydrogen (secondary N) is 2. The molecule has 2 saturated heterocycles. The van der Waals surface area contributed by atoms with Gasteiger partial charge in [0.25, 0.3) is 22.7 Å². The van der Waals surface area contributed by atoms with Crippen LogP contribution in [0.5, 0.6) is 0 Å². The largest absolute Gasteiger partial charge is 0.444 e. The monoisotopic (exact) mass is 884 g/mol. The lowest BCUT2D eigenvalue weighted by molar-refractivity contribution is 0.0230. The summed E-state index contributed by atoms with van der Waals surface area (Å²) < 4.78 is 19.6. The molecular weight excluding hydrogens is 828 g/mol. The number of allylic oxidation sites excluding steroid dienone is 1. The van der Waals surface area contributed by atoms with Gasteiger partial charge in [0, 0.05) is 59.5 Å². The number of aryl methyl sites for hydroxylation is 2. The Hall–Kier alpha value is -4.98. The number of aromatic amines is 2. The zero-order chi connectivity index (χ0) is 42.8. The Balaban J connectivity index is 0.000000204. The third-order valence-electron chi connectivity index (χ3n) is 10.2. The molecule has 0 bridgehead atoms. The highest BCUT2D eigenvalue weighted by atomic mass is 79.9. The molecule has 2 N–H and O–H groups in total. The van der Waals surface area contributed by atoms with E-state index in [4.69, 9.17) is 19.2 Å². The van der Waals surface area contributed by atoms with E-state index in [0.29, 0.717) is 104 Å². The number of fused-ring (bicyclic) bond motifs is 2. The van der Waals surface area contributed by atoms with Crippen LogP contribution in [-0.4, -0.2) is 138 Å². The number of carbonyl (C=O) groups excluding carboxylic acids is 2. The molecule has 6 heterocycles. The van der Waals surface area contributed by atoms with Crippen LogP contribution in [0.2, 0.25) is 0 Å². The molecule has 4 aromatic heterocycles. The maximum atomic E-state index is 13.5. The van der Waals surface area contributed by atoms with Crippen LogP contribution < -0.4 is 20.9 Å². The van der Waals surface area contributed by atoms with E-state index < -0.39 is 11.2 Å². The molecule has 7 rings (SSSR count). The van der Waals surface area contributed by atoms with Crippen molar-refractivity contribution < 1.29 is 23.8 Å². The van der Waals surface area contributed by atoms with E-state index in [1.54, 1.807) is 16.9 Å². The topological polar surface area (TPSA) is 201 Å². The van der Waals surface area contributed by atoms with Crippen molar-refractivity contribution in [3.05, 3.63) is 48.7 Å². The molecule has 20 heteroatoms. The van der Waals surface area contributed by atoms with E-state index in [9.17, 15) is 19.2 Å². The fourth-order valence-corrected chi connectivity index (χ4v) is 7.60. The highest BCUT2D eigenvalue weighted by molar-refractivity contribution is 9.10. The first-order valence-electron chi connectivity index (χ1n) is 20.3. The fraction of sp³-hybridized carbons (Fsp3) is 0.641. The number of amides is 2. The third kappa shape index (κ3) is 10.1. The lowest BCUT2D eigenvalue weighted by atomic mass is 9.97. The Bertz CT molecular complexity index is 2300. The summed E-state index contributed by atoms with van der Waals surface area (Å²) in [6.45, 7) is 19.2. The van der Waals surface area contributed by atoms with E-state index in [1.165, 1.54) is 9.03 Å². The molecule has 2 aliphatic heterocycles. The van der Waals surface area contributed by atoms with Crippen molar-refractivity contribution in [1.82, 2.24) is 49.0 Å². The van der Waals surface area contributed by atoms with Gasteiger partial charge in [0.1, 0.15) is 22.6 Å². The van der Waals surface area contributed by atoms with E-state index in [1.807, 2.05) is 65.2 Å². The molecule has 0 saturated carbocycles. The van der Waals surface area contributed by atoms with Crippen LogP contribution >= 0.6 is 15.9 Å². The number of carbonyl (C=O) groups is 2. The van der Waals surface area contributed by atoms with E-state index in [-0.39, 0.29) is 29.4 Å². The molecule has 3 aliphatic rings. The number of methoxy groups -OCH3 is 1. The zero-order valence-corrected chi connectivity index (χ0v) is 37.1. The van der Waals surface area contributed by atoms with Gasteiger partial charge in [-0.25, -0.2) is 19.6 Å². The molecule has 2 fully saturated rings. The van der Waals surface area contributed by atoms with E-state index >= 15 is 0 Å². The van der Waals surface area contributed by atoms with Crippen molar-refractivity contribution in [3.63, 3.8) is 0 Å². The van der Waals surface area contributed by atoms with Gasteiger partial charge in [-0.2, -0.15) is 19.0 Å². The maximum Gasteiger partial charge on any atom is 0.410 e. The molecule has 0 unspecified atom stereocenters. The summed E-state index contributed by atoms with van der Waals surface area (Å²) in [4.78, 5) is 76.3. The Morgan fingerprint density at radius 3 is 1.59 bits per heavy atom. The number of hydrogen-bond acceptors (Lipinski definition) is 13. The first-order valence-corrected chi connectivity index (χ1v) is 21.1. The Labute approximate surface area is 351 Å². The van der Waals surface area contributed by atoms with E-state index in [2.05, 4.69) is 47.2 Å². The van der Waals surface area contributed by atoms with Crippen LogP contribution in [0.15, 0.2) is 20.4 Å². The van der Waals surface area contributed by atoms with Crippen molar-refractivity contribution in [1.29, 1.82) is 0 Å². The van der Waals surface area contributed by atoms with Crippen molar-refractivity contribution >= 4 is 56.6 Å². The summed E-state index contributed by atoms with van der Waals surface area (Å²) >= 11 is 3.24. The van der Waals surface area contributed by atoms with Gasteiger partial charge in [0.15, 0.2) is 10.6 Å². The Morgan fingerprint density at radius 2 is 1.19 bits per heavy atom. The van der Waals surface area contributed by atoms with Crippen molar-refractivity contribution in [2.75, 3.05) is 69.3 Å². The van der Waals surface area contributed by atoms with Gasteiger partial charge >= 0.3 is 12.2 Å². The zero-order valence-electron chi connectivity index (χ0n) is 35.6. The summed E-state index contributed by atoms with van der Waals surface area (Å²) in [5.74, 6) is 1.41. The molecule has 2 amide bonds. The first-order chi connectivity index (χ1) is 27.9. The summed E-state index contributed by atoms with van der Waals surface area (Å²) in [5.41, 5.74) is 2.25. The number of halogens is 1. The van der Waals surface area contributed by atoms with Crippen LogP contribution in [0.1, 0.15) is 91.9 Å². The molecule has 0 aromatic carbocycles. The molecule has 59 heavy (non-hydrogen) atoms. The predicted octanol–water partition coefficient (Wildman–Crippen LogP) is 4.42. The second-order valence-corrected chi connectivity index (χ2v) is 17.5. The van der Waals surface area contributed by atoms with Gasteiger partial charge in [0.2, 0.25) is 0 Å². The molecule has 0 radical (unpaired) electrons. The lowest BCUT2D eigenvalue weighted by Gasteiger charge is -2.36. The third-order valence-corrected chi connectivity index (χ3v) is 10.6. The lowest BCUT2D eigenvalue weighted by Crippen LogP contribution is -2.51. The second-order valence-electron chi connectivity index (χ2n) is 16.8. The molecule has 322 valence electrons. The van der Waals surface area contributed by atoms with Gasteiger partial charge < -0.3 is 33.8 Å². The standard InChI is InChI=1S/C23H34N6O4.C16H23BrN6O3/c1-6-17-18(27-11-13-28(14-12-27)22(31)33-23(2,3)4)20(30)29-21(24-17)25-19(26-29)15-7-9-16(32-5)10-8-15;1-5-10-11(12(24)23-14(18-10)19-13(17)20-23)21-6-8-22(9-7-21)15(25)26-16(2,3)4/h7,16H,6,8-14H2,1-5H3,(H,24,25,26);5-9H2,1-4H3,(H,18,19,20)/t16-;/m0./s1. The smallest absolute Gasteiger partial charge is 0.410 e. The highest BCUT2D eigenvalue weighted by Crippen LogP contribution is 2.27. The molecular formula is C39H57BrN12O7. The summed E-state index contributed by atoms with van der Waals surface area (Å²) in [6, 6.07) is 0. The molecule has 4 aromatic rings. The van der Waals surface area contributed by atoms with Crippen LogP contribution in [0.4, 0.5) is 21.0 Å². The van der Waals surface area contributed by atoms with Crippen molar-refractivity contribution in [2.24, 2.45) is 0 Å². The minimum absolute atomic E-state index is 0.160. The maximum absolute atomic E-state index is 13.5. The molecule has 1 atom stereocenters. The first kappa shape index (κ1) is 43.6. The van der Waals surface area contributed by atoms with Crippen molar-refractivity contribution in [2.45, 2.75) is 105 Å². The van der Waals surface area contributed by atoms with Gasteiger partial charge in [-0.1, -0.05) is 19.9 Å². The van der Waals surface area contributed by atoms with Crippen molar-refractivity contribution in [3.8, 4) is 0 Å². The SMILES string of the molecule is CCc1nc2nc(Br)[nH]n2c(=O)c1N1CCN(C(=O)OC(C)(C)C)CC1.CCc1nc2nc(C3=CC[C@H](OC)CC3)[nH]n2c(=O)c1N1CCN(C(=O)OC(C)(C)C)CC1. The van der Waals surface area contributed by atoms with Gasteiger partial charge in [-0.15, -0.1) is 0 Å². The van der Waals surface area contributed by atoms with E-state index in [0.717, 1.165) is 30.5 Å². The molecule has 0 spiro atoms. The van der Waals surface area contributed by atoms with Crippen LogP contribution in [0, 0.1) is 0 Å². The average molecular weight is 886 g/mol. The summed E-state index contributed by atoms with van der Waals surface area (Å²) in [6.07, 6.45) is 5.55. The number of hydrogen-bond donors (Lipinski definition) is 2. The molecule has 19 nitrogen and oxygen atoms in total. The van der Waals surface area contributed by atoms with Crippen LogP contribution in [0.25, 0.3) is 17.1 Å². The van der Waals surface area contributed by atoms with Gasteiger partial charge in [-0.3, -0.25) is 19.8 Å². The van der Waals surface area contributed by atoms with Crippen LogP contribution in [0.3, 0.4) is 0 Å². The highest BCUT2D eigenvalue weighted by Gasteiger charge is 2.31. The number of nitrogens with zero attached hydrogens (tertiary/aromatic N) is 10. The number of H-pyrrole nitrogens is 2. The number of aromatic nitrogens is 8. The van der Waals surface area contributed by atoms with Crippen LogP contribution in [-0.2, 0) is 27.1 Å². The number of piperazine rings is 2. The number of anilines is 2. The minimum atomic E-state index is -0.534.